The molecule has 1 aromatic rings. The minimum atomic E-state index is -0.313. The first-order valence-electron chi connectivity index (χ1n) is 6.34. The molecule has 5 heteroatoms. The Labute approximate surface area is 112 Å². The van der Waals surface area contributed by atoms with Gasteiger partial charge in [-0.1, -0.05) is 6.07 Å². The number of carbonyl (C=O) groups is 1. The van der Waals surface area contributed by atoms with Crippen molar-refractivity contribution in [3.8, 4) is 6.07 Å². The number of ether oxygens (including phenoxy) is 1. The molecule has 1 unspecified atom stereocenters. The van der Waals surface area contributed by atoms with Gasteiger partial charge in [0, 0.05) is 18.8 Å². The van der Waals surface area contributed by atoms with E-state index in [0.29, 0.717) is 31.9 Å². The molecule has 2 rings (SSSR count). The van der Waals surface area contributed by atoms with Gasteiger partial charge in [-0.2, -0.15) is 5.26 Å². The van der Waals surface area contributed by atoms with Crippen molar-refractivity contribution in [2.24, 2.45) is 0 Å². The quantitative estimate of drug-likeness (QED) is 0.886. The summed E-state index contributed by atoms with van der Waals surface area (Å²) in [4.78, 5) is 14.0. The third kappa shape index (κ3) is 3.46. The Morgan fingerprint density at radius 1 is 1.47 bits per heavy atom. The summed E-state index contributed by atoms with van der Waals surface area (Å²) in [5.74, 6) is 0.0608. The molecule has 19 heavy (non-hydrogen) atoms. The van der Waals surface area contributed by atoms with Crippen LogP contribution in [0.5, 0.6) is 0 Å². The summed E-state index contributed by atoms with van der Waals surface area (Å²) in [5.41, 5.74) is 1.36. The van der Waals surface area contributed by atoms with E-state index in [0.717, 1.165) is 5.69 Å². The molecule has 1 atom stereocenters. The van der Waals surface area contributed by atoms with Crippen LogP contribution in [-0.4, -0.2) is 43.2 Å². The fourth-order valence-electron chi connectivity index (χ4n) is 2.05. The highest BCUT2D eigenvalue weighted by atomic mass is 16.5. The van der Waals surface area contributed by atoms with E-state index < -0.39 is 0 Å². The second kappa shape index (κ2) is 6.21. The molecule has 1 N–H and O–H groups in total. The van der Waals surface area contributed by atoms with Crippen LogP contribution in [0, 0.1) is 11.3 Å². The van der Waals surface area contributed by atoms with Gasteiger partial charge in [0.2, 0.25) is 5.91 Å². The van der Waals surface area contributed by atoms with E-state index in [2.05, 4.69) is 11.4 Å². The molecule has 1 aliphatic heterocycles. The van der Waals surface area contributed by atoms with Crippen molar-refractivity contribution in [1.82, 2.24) is 4.90 Å². The summed E-state index contributed by atoms with van der Waals surface area (Å²) in [6.07, 6.45) is 0. The van der Waals surface area contributed by atoms with Gasteiger partial charge in [-0.05, 0) is 25.1 Å². The van der Waals surface area contributed by atoms with Gasteiger partial charge in [0.15, 0.2) is 0 Å². The fraction of sp³-hybridized carbons (Fsp3) is 0.429. The summed E-state index contributed by atoms with van der Waals surface area (Å²) in [6.45, 7) is 4.31. The third-order valence-corrected chi connectivity index (χ3v) is 3.07. The molecule has 0 bridgehead atoms. The summed E-state index contributed by atoms with van der Waals surface area (Å²) in [6, 6.07) is 8.89. The summed E-state index contributed by atoms with van der Waals surface area (Å²) in [7, 11) is 0. The zero-order valence-corrected chi connectivity index (χ0v) is 10.9. The first-order chi connectivity index (χ1) is 9.20. The molecule has 1 aromatic carbocycles. The summed E-state index contributed by atoms with van der Waals surface area (Å²) in [5, 5.41) is 12.0. The van der Waals surface area contributed by atoms with Crippen LogP contribution in [0.25, 0.3) is 0 Å². The first-order valence-corrected chi connectivity index (χ1v) is 6.34. The van der Waals surface area contributed by atoms with E-state index in [-0.39, 0.29) is 11.9 Å². The Balaban J connectivity index is 1.97. The molecule has 1 heterocycles. The number of hydrogen-bond donors (Lipinski definition) is 1. The van der Waals surface area contributed by atoms with E-state index >= 15 is 0 Å². The van der Waals surface area contributed by atoms with Crippen LogP contribution in [0.3, 0.4) is 0 Å². The third-order valence-electron chi connectivity index (χ3n) is 3.07. The molecule has 0 aromatic heterocycles. The molecule has 0 radical (unpaired) electrons. The van der Waals surface area contributed by atoms with Gasteiger partial charge < -0.3 is 15.0 Å². The molecule has 0 aliphatic carbocycles. The highest BCUT2D eigenvalue weighted by molar-refractivity contribution is 5.84. The Hall–Kier alpha value is -2.06. The van der Waals surface area contributed by atoms with E-state index in [1.807, 2.05) is 13.0 Å². The van der Waals surface area contributed by atoms with Crippen LogP contribution in [0.2, 0.25) is 0 Å². The highest BCUT2D eigenvalue weighted by Gasteiger charge is 2.22. The Bertz CT molecular complexity index is 490. The van der Waals surface area contributed by atoms with E-state index in [1.165, 1.54) is 0 Å². The number of nitrogens with one attached hydrogen (secondary N) is 1. The number of benzene rings is 1. The van der Waals surface area contributed by atoms with E-state index in [4.69, 9.17) is 10.00 Å². The van der Waals surface area contributed by atoms with Gasteiger partial charge in [-0.25, -0.2) is 0 Å². The van der Waals surface area contributed by atoms with Crippen molar-refractivity contribution in [2.45, 2.75) is 13.0 Å². The van der Waals surface area contributed by atoms with Gasteiger partial charge in [0.05, 0.1) is 24.8 Å². The fourth-order valence-corrected chi connectivity index (χ4v) is 2.05. The Morgan fingerprint density at radius 3 is 2.89 bits per heavy atom. The SMILES string of the molecule is CC(Nc1cccc(C#N)c1)C(=O)N1CCOCC1. The van der Waals surface area contributed by atoms with Crippen LogP contribution in [0.15, 0.2) is 24.3 Å². The monoisotopic (exact) mass is 259 g/mol. The number of nitrogens with zero attached hydrogens (tertiary/aromatic N) is 2. The lowest BCUT2D eigenvalue weighted by molar-refractivity contribution is -0.135. The Morgan fingerprint density at radius 2 is 2.21 bits per heavy atom. The maximum atomic E-state index is 12.2. The number of amides is 1. The average molecular weight is 259 g/mol. The second-order valence-electron chi connectivity index (χ2n) is 4.50. The molecule has 1 aliphatic rings. The zero-order chi connectivity index (χ0) is 13.7. The van der Waals surface area contributed by atoms with Crippen LogP contribution < -0.4 is 5.32 Å². The van der Waals surface area contributed by atoms with Gasteiger partial charge in [0.1, 0.15) is 6.04 Å². The van der Waals surface area contributed by atoms with Crippen LogP contribution >= 0.6 is 0 Å². The molecule has 1 amide bonds. The Kier molecular flexibility index (Phi) is 4.37. The first kappa shape index (κ1) is 13.4. The smallest absolute Gasteiger partial charge is 0.244 e. The van der Waals surface area contributed by atoms with Crippen molar-refractivity contribution < 1.29 is 9.53 Å². The molecule has 0 spiro atoms. The molecule has 1 fully saturated rings. The zero-order valence-electron chi connectivity index (χ0n) is 10.9. The van der Waals surface area contributed by atoms with Gasteiger partial charge >= 0.3 is 0 Å². The number of hydrogen-bond acceptors (Lipinski definition) is 4. The topological polar surface area (TPSA) is 65.4 Å². The van der Waals surface area contributed by atoms with Crippen LogP contribution in [-0.2, 0) is 9.53 Å². The van der Waals surface area contributed by atoms with Gasteiger partial charge in [-0.15, -0.1) is 0 Å². The lowest BCUT2D eigenvalue weighted by atomic mass is 10.2. The number of morpholine rings is 1. The van der Waals surface area contributed by atoms with Crippen molar-refractivity contribution in [3.05, 3.63) is 29.8 Å². The van der Waals surface area contributed by atoms with Gasteiger partial charge in [-0.3, -0.25) is 4.79 Å². The molecule has 0 saturated carbocycles. The lowest BCUT2D eigenvalue weighted by Gasteiger charge is -2.29. The standard InChI is InChI=1S/C14H17N3O2/c1-11(14(18)17-5-7-19-8-6-17)16-13-4-2-3-12(9-13)10-15/h2-4,9,11,16H,5-8H2,1H3. The molecule has 1 saturated heterocycles. The maximum absolute atomic E-state index is 12.2. The number of anilines is 1. The summed E-state index contributed by atoms with van der Waals surface area (Å²) >= 11 is 0. The summed E-state index contributed by atoms with van der Waals surface area (Å²) < 4.78 is 5.23. The molecule has 5 nitrogen and oxygen atoms in total. The van der Waals surface area contributed by atoms with Crippen molar-refractivity contribution >= 4 is 11.6 Å². The van der Waals surface area contributed by atoms with Crippen LogP contribution in [0.1, 0.15) is 12.5 Å². The van der Waals surface area contributed by atoms with Crippen molar-refractivity contribution in [3.63, 3.8) is 0 Å². The normalized spacial score (nSPS) is 16.5. The molecular weight excluding hydrogens is 242 g/mol. The average Bonchev–Trinajstić information content (AvgIpc) is 2.47. The van der Waals surface area contributed by atoms with Crippen LogP contribution in [0.4, 0.5) is 5.69 Å². The predicted octanol–water partition coefficient (Wildman–Crippen LogP) is 1.22. The number of rotatable bonds is 3. The molecular formula is C14H17N3O2. The van der Waals surface area contributed by atoms with Gasteiger partial charge in [0.25, 0.3) is 0 Å². The van der Waals surface area contributed by atoms with Crippen molar-refractivity contribution in [1.29, 1.82) is 5.26 Å². The second-order valence-corrected chi connectivity index (χ2v) is 4.50. The number of nitriles is 1. The van der Waals surface area contributed by atoms with E-state index in [9.17, 15) is 4.79 Å². The van der Waals surface area contributed by atoms with E-state index in [1.54, 1.807) is 23.1 Å². The minimum Gasteiger partial charge on any atom is -0.378 e. The maximum Gasteiger partial charge on any atom is 0.244 e. The largest absolute Gasteiger partial charge is 0.378 e. The minimum absolute atomic E-state index is 0.0608. The number of carbonyl (C=O) groups excluding carboxylic acids is 1. The van der Waals surface area contributed by atoms with Crippen molar-refractivity contribution in [2.75, 3.05) is 31.6 Å². The lowest BCUT2D eigenvalue weighted by Crippen LogP contribution is -2.46. The highest BCUT2D eigenvalue weighted by Crippen LogP contribution is 2.12. The predicted molar refractivity (Wildman–Crippen MR) is 71.6 cm³/mol. The molecule has 100 valence electrons.